The fourth-order valence-corrected chi connectivity index (χ4v) is 3.38. The highest BCUT2D eigenvalue weighted by atomic mass is 35.5. The maximum Gasteiger partial charge on any atom is 0.238 e. The average molecular weight is 333 g/mol. The van der Waals surface area contributed by atoms with Gasteiger partial charge in [0, 0.05) is 22.0 Å². The summed E-state index contributed by atoms with van der Waals surface area (Å²) in [6.45, 7) is 0. The highest BCUT2D eigenvalue weighted by Crippen LogP contribution is 2.36. The molecule has 4 nitrogen and oxygen atoms in total. The SMILES string of the molecule is O=C(CC1Sc2ccccc2NC1=O)Nc1ccc(Cl)cc1. The minimum absolute atomic E-state index is 0.119. The fourth-order valence-electron chi connectivity index (χ4n) is 2.14. The smallest absolute Gasteiger partial charge is 0.238 e. The standard InChI is InChI=1S/C16H13ClN2O2S/c17-10-5-7-11(8-6-10)18-15(20)9-14-16(21)19-12-3-1-2-4-13(12)22-14/h1-8,14H,9H2,(H,18,20)(H,19,21). The summed E-state index contributed by atoms with van der Waals surface area (Å²) in [7, 11) is 0. The van der Waals surface area contributed by atoms with E-state index in [1.54, 1.807) is 24.3 Å². The van der Waals surface area contributed by atoms with Crippen LogP contribution in [0.4, 0.5) is 11.4 Å². The molecule has 0 aliphatic carbocycles. The van der Waals surface area contributed by atoms with Crippen molar-refractivity contribution in [3.05, 3.63) is 53.6 Å². The minimum atomic E-state index is -0.429. The van der Waals surface area contributed by atoms with Crippen LogP contribution in [0.5, 0.6) is 0 Å². The lowest BCUT2D eigenvalue weighted by Gasteiger charge is -2.23. The molecule has 2 amide bonds. The maximum atomic E-state index is 12.1. The van der Waals surface area contributed by atoms with Gasteiger partial charge in [-0.05, 0) is 36.4 Å². The Kier molecular flexibility index (Phi) is 4.36. The van der Waals surface area contributed by atoms with Crippen molar-refractivity contribution >= 4 is 46.6 Å². The third-order valence-corrected chi connectivity index (χ3v) is 4.73. The van der Waals surface area contributed by atoms with Gasteiger partial charge in [-0.2, -0.15) is 0 Å². The molecule has 1 atom stereocenters. The molecule has 1 aliphatic heterocycles. The summed E-state index contributed by atoms with van der Waals surface area (Å²) >= 11 is 7.21. The third-order valence-electron chi connectivity index (χ3n) is 3.21. The van der Waals surface area contributed by atoms with Crippen LogP contribution in [0.3, 0.4) is 0 Å². The van der Waals surface area contributed by atoms with Gasteiger partial charge in [0.15, 0.2) is 0 Å². The number of fused-ring (bicyclic) bond motifs is 1. The first-order valence-corrected chi connectivity index (χ1v) is 7.99. The van der Waals surface area contributed by atoms with Gasteiger partial charge in [-0.15, -0.1) is 11.8 Å². The largest absolute Gasteiger partial charge is 0.326 e. The van der Waals surface area contributed by atoms with E-state index in [4.69, 9.17) is 11.6 Å². The maximum absolute atomic E-state index is 12.1. The van der Waals surface area contributed by atoms with E-state index < -0.39 is 5.25 Å². The first-order chi connectivity index (χ1) is 10.6. The van der Waals surface area contributed by atoms with Gasteiger partial charge in [-0.25, -0.2) is 0 Å². The number of hydrogen-bond donors (Lipinski definition) is 2. The number of para-hydroxylation sites is 1. The average Bonchev–Trinajstić information content (AvgIpc) is 2.50. The molecular formula is C16H13ClN2O2S. The van der Waals surface area contributed by atoms with Crippen LogP contribution in [0.25, 0.3) is 0 Å². The van der Waals surface area contributed by atoms with Crippen LogP contribution >= 0.6 is 23.4 Å². The molecule has 0 fully saturated rings. The summed E-state index contributed by atoms with van der Waals surface area (Å²) in [6.07, 6.45) is 0.119. The number of carbonyl (C=O) groups excluding carboxylic acids is 2. The van der Waals surface area contributed by atoms with Crippen molar-refractivity contribution in [3.63, 3.8) is 0 Å². The van der Waals surface area contributed by atoms with Crippen molar-refractivity contribution in [2.75, 3.05) is 10.6 Å². The van der Waals surface area contributed by atoms with Crippen LogP contribution in [0.15, 0.2) is 53.4 Å². The minimum Gasteiger partial charge on any atom is -0.326 e. The molecule has 3 rings (SSSR count). The number of benzene rings is 2. The van der Waals surface area contributed by atoms with E-state index in [1.807, 2.05) is 24.3 Å². The Hall–Kier alpha value is -1.98. The number of carbonyl (C=O) groups is 2. The molecule has 0 spiro atoms. The summed E-state index contributed by atoms with van der Waals surface area (Å²) in [5, 5.41) is 5.78. The van der Waals surface area contributed by atoms with E-state index in [0.717, 1.165) is 10.6 Å². The molecule has 0 aromatic heterocycles. The van der Waals surface area contributed by atoms with Gasteiger partial charge in [0.1, 0.15) is 0 Å². The summed E-state index contributed by atoms with van der Waals surface area (Å²) in [4.78, 5) is 25.1. The number of nitrogens with one attached hydrogen (secondary N) is 2. The summed E-state index contributed by atoms with van der Waals surface area (Å²) < 4.78 is 0. The van der Waals surface area contributed by atoms with Crippen molar-refractivity contribution in [3.8, 4) is 0 Å². The molecule has 0 saturated heterocycles. The van der Waals surface area contributed by atoms with E-state index in [1.165, 1.54) is 11.8 Å². The molecule has 2 aromatic rings. The normalized spacial score (nSPS) is 16.6. The van der Waals surface area contributed by atoms with Crippen LogP contribution in [-0.4, -0.2) is 17.1 Å². The van der Waals surface area contributed by atoms with E-state index in [2.05, 4.69) is 10.6 Å². The van der Waals surface area contributed by atoms with Crippen LogP contribution in [-0.2, 0) is 9.59 Å². The molecule has 6 heteroatoms. The summed E-state index contributed by atoms with van der Waals surface area (Å²) in [6, 6.07) is 14.4. The second-order valence-electron chi connectivity index (χ2n) is 4.85. The summed E-state index contributed by atoms with van der Waals surface area (Å²) in [5.74, 6) is -0.343. The van der Waals surface area contributed by atoms with E-state index in [-0.39, 0.29) is 18.2 Å². The molecule has 1 aliphatic rings. The molecule has 2 N–H and O–H groups in total. The Labute approximate surface area is 137 Å². The van der Waals surface area contributed by atoms with Gasteiger partial charge in [0.25, 0.3) is 0 Å². The Bertz CT molecular complexity index is 718. The first kappa shape index (κ1) is 14.9. The lowest BCUT2D eigenvalue weighted by atomic mass is 10.2. The Morgan fingerprint density at radius 1 is 1.18 bits per heavy atom. The van der Waals surface area contributed by atoms with Gasteiger partial charge in [-0.3, -0.25) is 9.59 Å². The fraction of sp³-hybridized carbons (Fsp3) is 0.125. The van der Waals surface area contributed by atoms with Crippen LogP contribution in [0.2, 0.25) is 5.02 Å². The van der Waals surface area contributed by atoms with Gasteiger partial charge >= 0.3 is 0 Å². The highest BCUT2D eigenvalue weighted by molar-refractivity contribution is 8.01. The zero-order valence-corrected chi connectivity index (χ0v) is 13.1. The van der Waals surface area contributed by atoms with Crippen molar-refractivity contribution in [1.29, 1.82) is 0 Å². The topological polar surface area (TPSA) is 58.2 Å². The van der Waals surface area contributed by atoms with Gasteiger partial charge in [-0.1, -0.05) is 23.7 Å². The van der Waals surface area contributed by atoms with Crippen molar-refractivity contribution < 1.29 is 9.59 Å². The Morgan fingerprint density at radius 2 is 1.91 bits per heavy atom. The predicted octanol–water partition coefficient (Wildman–Crippen LogP) is 3.78. The molecule has 2 aromatic carbocycles. The van der Waals surface area contributed by atoms with Crippen molar-refractivity contribution in [1.82, 2.24) is 0 Å². The van der Waals surface area contributed by atoms with Gasteiger partial charge < -0.3 is 10.6 Å². The van der Waals surface area contributed by atoms with E-state index in [9.17, 15) is 9.59 Å². The molecule has 1 heterocycles. The zero-order valence-electron chi connectivity index (χ0n) is 11.5. The van der Waals surface area contributed by atoms with E-state index >= 15 is 0 Å². The first-order valence-electron chi connectivity index (χ1n) is 6.74. The predicted molar refractivity (Wildman–Crippen MR) is 89.4 cm³/mol. The molecule has 0 bridgehead atoms. The second kappa shape index (κ2) is 6.42. The van der Waals surface area contributed by atoms with Gasteiger partial charge in [0.05, 0.1) is 10.9 Å². The number of thioether (sulfide) groups is 1. The molecule has 1 unspecified atom stereocenters. The number of rotatable bonds is 3. The van der Waals surface area contributed by atoms with E-state index in [0.29, 0.717) is 10.7 Å². The molecule has 22 heavy (non-hydrogen) atoms. The highest BCUT2D eigenvalue weighted by Gasteiger charge is 2.28. The van der Waals surface area contributed by atoms with Crippen molar-refractivity contribution in [2.45, 2.75) is 16.6 Å². The number of amides is 2. The lowest BCUT2D eigenvalue weighted by molar-refractivity contribution is -0.120. The summed E-state index contributed by atoms with van der Waals surface area (Å²) in [5.41, 5.74) is 1.46. The molecule has 0 radical (unpaired) electrons. The lowest BCUT2D eigenvalue weighted by Crippen LogP contribution is -2.32. The number of anilines is 2. The zero-order chi connectivity index (χ0) is 15.5. The number of halogens is 1. The number of hydrogen-bond acceptors (Lipinski definition) is 3. The third kappa shape index (κ3) is 3.43. The monoisotopic (exact) mass is 332 g/mol. The molecule has 0 saturated carbocycles. The molecular weight excluding hydrogens is 320 g/mol. The van der Waals surface area contributed by atoms with Crippen LogP contribution in [0, 0.1) is 0 Å². The van der Waals surface area contributed by atoms with Crippen molar-refractivity contribution in [2.24, 2.45) is 0 Å². The second-order valence-corrected chi connectivity index (χ2v) is 6.53. The molecule has 112 valence electrons. The van der Waals surface area contributed by atoms with Gasteiger partial charge in [0.2, 0.25) is 11.8 Å². The quantitative estimate of drug-likeness (QED) is 0.899. The Balaban J connectivity index is 1.64. The van der Waals surface area contributed by atoms with Crippen LogP contribution < -0.4 is 10.6 Å². The Morgan fingerprint density at radius 3 is 2.68 bits per heavy atom. The van der Waals surface area contributed by atoms with Crippen LogP contribution in [0.1, 0.15) is 6.42 Å².